The molecule has 2 aromatic rings. The van der Waals surface area contributed by atoms with E-state index in [0.717, 1.165) is 0 Å². The van der Waals surface area contributed by atoms with Gasteiger partial charge in [0.1, 0.15) is 0 Å². The Morgan fingerprint density at radius 1 is 1.54 bits per heavy atom. The lowest BCUT2D eigenvalue weighted by atomic mass is 10.3. The maximum atomic E-state index is 11.4. The molecule has 1 N–H and O–H groups in total. The number of H-pyrrole nitrogens is 1. The second-order valence-corrected chi connectivity index (χ2v) is 3.24. The molecule has 0 fully saturated rings. The topological polar surface area (TPSA) is 58.6 Å². The van der Waals surface area contributed by atoms with Crippen LogP contribution in [-0.4, -0.2) is 21.2 Å². The van der Waals surface area contributed by atoms with Gasteiger partial charge in [-0.25, -0.2) is 9.97 Å². The van der Waals surface area contributed by atoms with Crippen LogP contribution in [0.5, 0.6) is 0 Å². The molecule has 0 aliphatic carbocycles. The average molecular weight is 193 g/mol. The van der Waals surface area contributed by atoms with Gasteiger partial charge in [-0.15, -0.1) is 0 Å². The summed E-state index contributed by atoms with van der Waals surface area (Å²) in [7, 11) is 0. The zero-order chi connectivity index (χ0) is 9.26. The lowest BCUT2D eigenvalue weighted by Gasteiger charge is -1.97. The highest BCUT2D eigenvalue weighted by molar-refractivity contribution is 7.98. The molecule has 0 aromatic carbocycles. The third-order valence-electron chi connectivity index (χ3n) is 1.65. The Kier molecular flexibility index (Phi) is 2.02. The summed E-state index contributed by atoms with van der Waals surface area (Å²) in [6.45, 7) is 0. The molecular formula is C8H7N3OS. The monoisotopic (exact) mass is 193 g/mol. The highest BCUT2D eigenvalue weighted by Crippen LogP contribution is 2.08. The molecule has 4 nitrogen and oxygen atoms in total. The molecule has 5 heteroatoms. The van der Waals surface area contributed by atoms with Gasteiger partial charge < -0.3 is 4.98 Å². The van der Waals surface area contributed by atoms with Crippen molar-refractivity contribution >= 4 is 22.8 Å². The molecule has 0 saturated heterocycles. The van der Waals surface area contributed by atoms with Crippen molar-refractivity contribution in [3.63, 3.8) is 0 Å². The number of nitrogens with one attached hydrogen (secondary N) is 1. The van der Waals surface area contributed by atoms with Gasteiger partial charge in [0.25, 0.3) is 5.56 Å². The van der Waals surface area contributed by atoms with Crippen molar-refractivity contribution in [3.8, 4) is 0 Å². The number of aromatic amines is 1. The SMILES string of the molecule is CSc1nc2ncccc2c(=O)[nH]1. The fourth-order valence-electron chi connectivity index (χ4n) is 1.05. The Morgan fingerprint density at radius 2 is 2.38 bits per heavy atom. The molecule has 0 spiro atoms. The largest absolute Gasteiger partial charge is 0.301 e. The van der Waals surface area contributed by atoms with Gasteiger partial charge in [0.05, 0.1) is 5.39 Å². The number of nitrogens with zero attached hydrogens (tertiary/aromatic N) is 2. The fraction of sp³-hybridized carbons (Fsp3) is 0.125. The first-order valence-electron chi connectivity index (χ1n) is 3.70. The quantitative estimate of drug-likeness (QED) is 0.543. The fourth-order valence-corrected chi connectivity index (χ4v) is 1.42. The first-order valence-corrected chi connectivity index (χ1v) is 4.93. The third kappa shape index (κ3) is 1.42. The highest BCUT2D eigenvalue weighted by atomic mass is 32.2. The minimum atomic E-state index is -0.137. The summed E-state index contributed by atoms with van der Waals surface area (Å²) in [4.78, 5) is 22.2. The maximum absolute atomic E-state index is 11.4. The standard InChI is InChI=1S/C8H7N3OS/c1-13-8-10-6-5(7(12)11-8)3-2-4-9-6/h2-4H,1H3,(H,9,10,11,12). The van der Waals surface area contributed by atoms with E-state index in [9.17, 15) is 4.79 Å². The molecule has 0 bridgehead atoms. The number of thioether (sulfide) groups is 1. The molecule has 0 atom stereocenters. The number of rotatable bonds is 1. The zero-order valence-corrected chi connectivity index (χ0v) is 7.76. The number of hydrogen-bond donors (Lipinski definition) is 1. The molecule has 0 saturated carbocycles. The van der Waals surface area contributed by atoms with Gasteiger partial charge in [-0.05, 0) is 18.4 Å². The molecule has 2 aromatic heterocycles. The molecule has 2 rings (SSSR count). The highest BCUT2D eigenvalue weighted by Gasteiger charge is 2.01. The van der Waals surface area contributed by atoms with E-state index in [0.29, 0.717) is 16.2 Å². The smallest absolute Gasteiger partial charge is 0.261 e. The summed E-state index contributed by atoms with van der Waals surface area (Å²) in [5.74, 6) is 0. The van der Waals surface area contributed by atoms with Crippen molar-refractivity contribution in [3.05, 3.63) is 28.7 Å². The van der Waals surface area contributed by atoms with Crippen LogP contribution < -0.4 is 5.56 Å². The van der Waals surface area contributed by atoms with Gasteiger partial charge in [-0.1, -0.05) is 11.8 Å². The summed E-state index contributed by atoms with van der Waals surface area (Å²) in [6, 6.07) is 3.43. The lowest BCUT2D eigenvalue weighted by molar-refractivity contribution is 0.964. The van der Waals surface area contributed by atoms with Crippen LogP contribution in [0.1, 0.15) is 0 Å². The average Bonchev–Trinajstić information content (AvgIpc) is 2.18. The normalized spacial score (nSPS) is 10.5. The Balaban J connectivity index is 2.85. The predicted octanol–water partition coefficient (Wildman–Crippen LogP) is 1.04. The third-order valence-corrected chi connectivity index (χ3v) is 2.23. The van der Waals surface area contributed by atoms with Gasteiger partial charge in [0, 0.05) is 6.20 Å². The van der Waals surface area contributed by atoms with Gasteiger partial charge in [0.2, 0.25) is 0 Å². The summed E-state index contributed by atoms with van der Waals surface area (Å²) < 4.78 is 0. The van der Waals surface area contributed by atoms with E-state index in [1.54, 1.807) is 18.3 Å². The first kappa shape index (κ1) is 8.25. The Bertz CT molecular complexity index is 494. The predicted molar refractivity (Wildman–Crippen MR) is 51.9 cm³/mol. The minimum Gasteiger partial charge on any atom is -0.301 e. The van der Waals surface area contributed by atoms with Crippen LogP contribution in [0, 0.1) is 0 Å². The lowest BCUT2D eigenvalue weighted by Crippen LogP contribution is -2.09. The van der Waals surface area contributed by atoms with Crippen molar-refractivity contribution in [2.45, 2.75) is 5.16 Å². The molecule has 2 heterocycles. The molecule has 13 heavy (non-hydrogen) atoms. The van der Waals surface area contributed by atoms with Gasteiger partial charge >= 0.3 is 0 Å². The Morgan fingerprint density at radius 3 is 3.15 bits per heavy atom. The number of hydrogen-bond acceptors (Lipinski definition) is 4. The van der Waals surface area contributed by atoms with Crippen LogP contribution in [-0.2, 0) is 0 Å². The number of fused-ring (bicyclic) bond motifs is 1. The van der Waals surface area contributed by atoms with Crippen molar-refractivity contribution in [2.24, 2.45) is 0 Å². The van der Waals surface area contributed by atoms with E-state index in [1.165, 1.54) is 11.8 Å². The molecule has 66 valence electrons. The van der Waals surface area contributed by atoms with Crippen molar-refractivity contribution < 1.29 is 0 Å². The zero-order valence-electron chi connectivity index (χ0n) is 6.94. The van der Waals surface area contributed by atoms with Crippen LogP contribution in [0.15, 0.2) is 28.3 Å². The van der Waals surface area contributed by atoms with E-state index in [4.69, 9.17) is 0 Å². The van der Waals surface area contributed by atoms with Crippen LogP contribution in [0.3, 0.4) is 0 Å². The van der Waals surface area contributed by atoms with E-state index in [-0.39, 0.29) is 5.56 Å². The Hall–Kier alpha value is -1.36. The van der Waals surface area contributed by atoms with E-state index in [1.807, 2.05) is 6.26 Å². The van der Waals surface area contributed by atoms with Gasteiger partial charge in [-0.3, -0.25) is 4.79 Å². The summed E-state index contributed by atoms with van der Waals surface area (Å²) in [5, 5.41) is 1.12. The van der Waals surface area contributed by atoms with E-state index in [2.05, 4.69) is 15.0 Å². The van der Waals surface area contributed by atoms with Crippen LogP contribution >= 0.6 is 11.8 Å². The maximum Gasteiger partial charge on any atom is 0.261 e. The summed E-state index contributed by atoms with van der Waals surface area (Å²) in [6.07, 6.45) is 3.48. The number of pyridine rings is 1. The molecular weight excluding hydrogens is 186 g/mol. The number of aromatic nitrogens is 3. The van der Waals surface area contributed by atoms with E-state index < -0.39 is 0 Å². The van der Waals surface area contributed by atoms with Crippen molar-refractivity contribution in [1.29, 1.82) is 0 Å². The van der Waals surface area contributed by atoms with Gasteiger partial charge in [-0.2, -0.15) is 0 Å². The van der Waals surface area contributed by atoms with Crippen LogP contribution in [0.25, 0.3) is 11.0 Å². The molecule has 0 unspecified atom stereocenters. The molecule has 0 radical (unpaired) electrons. The molecule has 0 amide bonds. The molecule has 0 aliphatic heterocycles. The molecule has 0 aliphatic rings. The van der Waals surface area contributed by atoms with Crippen LogP contribution in [0.4, 0.5) is 0 Å². The second kappa shape index (κ2) is 3.18. The summed E-state index contributed by atoms with van der Waals surface area (Å²) in [5.41, 5.74) is 0.359. The summed E-state index contributed by atoms with van der Waals surface area (Å²) >= 11 is 1.39. The second-order valence-electron chi connectivity index (χ2n) is 2.45. The van der Waals surface area contributed by atoms with E-state index >= 15 is 0 Å². The van der Waals surface area contributed by atoms with Crippen molar-refractivity contribution in [1.82, 2.24) is 15.0 Å². The van der Waals surface area contributed by atoms with Gasteiger partial charge in [0.15, 0.2) is 10.8 Å². The Labute approximate surface area is 78.4 Å². The minimum absolute atomic E-state index is 0.137. The van der Waals surface area contributed by atoms with Crippen molar-refractivity contribution in [2.75, 3.05) is 6.26 Å². The first-order chi connectivity index (χ1) is 6.31. The van der Waals surface area contributed by atoms with Crippen LogP contribution in [0.2, 0.25) is 0 Å².